The van der Waals surface area contributed by atoms with Gasteiger partial charge >= 0.3 is 11.9 Å². The summed E-state index contributed by atoms with van der Waals surface area (Å²) in [5.41, 5.74) is 0.820. The van der Waals surface area contributed by atoms with Crippen molar-refractivity contribution in [3.8, 4) is 0 Å². The average molecular weight is 276 g/mol. The van der Waals surface area contributed by atoms with Crippen LogP contribution in [0.3, 0.4) is 0 Å². The van der Waals surface area contributed by atoms with E-state index in [4.69, 9.17) is 14.2 Å². The highest BCUT2D eigenvalue weighted by atomic mass is 16.6. The van der Waals surface area contributed by atoms with Gasteiger partial charge in [0, 0.05) is 17.6 Å². The summed E-state index contributed by atoms with van der Waals surface area (Å²) in [5.74, 6) is -0.966. The monoisotopic (exact) mass is 276 g/mol. The van der Waals surface area contributed by atoms with Crippen molar-refractivity contribution in [1.82, 2.24) is 0 Å². The fraction of sp³-hybridized carbons (Fsp3) is 0.600. The number of esters is 2. The SMILES string of the molecule is C=C1C(=O)OC2CC3(C)OC3CCC3=CC(OC3=O)C12. The predicted octanol–water partition coefficient (Wildman–Crippen LogP) is 1.28. The molecule has 4 rings (SSSR count). The van der Waals surface area contributed by atoms with Gasteiger partial charge in [-0.05, 0) is 25.8 Å². The number of hydrogen-bond donors (Lipinski definition) is 0. The molecule has 5 heteroatoms. The van der Waals surface area contributed by atoms with Gasteiger partial charge in [-0.25, -0.2) is 9.59 Å². The number of fused-ring (bicyclic) bond motifs is 4. The van der Waals surface area contributed by atoms with Crippen LogP contribution in [0.25, 0.3) is 0 Å². The van der Waals surface area contributed by atoms with Gasteiger partial charge < -0.3 is 14.2 Å². The van der Waals surface area contributed by atoms with Crippen LogP contribution in [0.5, 0.6) is 0 Å². The maximum Gasteiger partial charge on any atom is 0.334 e. The fourth-order valence-corrected chi connectivity index (χ4v) is 3.61. The Balaban J connectivity index is 1.73. The summed E-state index contributed by atoms with van der Waals surface area (Å²) >= 11 is 0. The molecule has 0 aromatic rings. The predicted molar refractivity (Wildman–Crippen MR) is 67.6 cm³/mol. The zero-order valence-corrected chi connectivity index (χ0v) is 11.3. The third kappa shape index (κ3) is 1.59. The minimum Gasteiger partial charge on any atom is -0.458 e. The second-order valence-electron chi connectivity index (χ2n) is 6.22. The molecule has 0 amide bonds. The number of carbonyl (C=O) groups excluding carboxylic acids is 2. The van der Waals surface area contributed by atoms with E-state index < -0.39 is 12.1 Å². The van der Waals surface area contributed by atoms with Crippen molar-refractivity contribution in [2.75, 3.05) is 0 Å². The minimum atomic E-state index is -0.430. The molecule has 3 heterocycles. The molecular weight excluding hydrogens is 260 g/mol. The molecule has 0 aromatic heterocycles. The third-order valence-corrected chi connectivity index (χ3v) is 4.87. The molecule has 0 spiro atoms. The summed E-state index contributed by atoms with van der Waals surface area (Å²) in [4.78, 5) is 23.7. The van der Waals surface area contributed by atoms with Crippen LogP contribution in [0.4, 0.5) is 0 Å². The zero-order chi connectivity index (χ0) is 14.1. The summed E-state index contributed by atoms with van der Waals surface area (Å²) in [6.07, 6.45) is 3.30. The summed E-state index contributed by atoms with van der Waals surface area (Å²) < 4.78 is 16.6. The molecule has 5 unspecified atom stereocenters. The Morgan fingerprint density at radius 3 is 2.90 bits per heavy atom. The van der Waals surface area contributed by atoms with Crippen molar-refractivity contribution in [1.29, 1.82) is 0 Å². The van der Waals surface area contributed by atoms with Gasteiger partial charge in [0.2, 0.25) is 0 Å². The first-order valence-corrected chi connectivity index (χ1v) is 6.97. The Bertz CT molecular complexity index is 563. The van der Waals surface area contributed by atoms with Crippen LogP contribution in [0.1, 0.15) is 26.2 Å². The lowest BCUT2D eigenvalue weighted by atomic mass is 9.83. The van der Waals surface area contributed by atoms with Gasteiger partial charge in [0.15, 0.2) is 0 Å². The first-order valence-electron chi connectivity index (χ1n) is 6.97. The van der Waals surface area contributed by atoms with Gasteiger partial charge in [0.05, 0.1) is 17.6 Å². The zero-order valence-electron chi connectivity index (χ0n) is 11.3. The van der Waals surface area contributed by atoms with Crippen molar-refractivity contribution in [3.05, 3.63) is 23.8 Å². The standard InChI is InChI=1S/C15H16O5/c1-7-12-9-5-8(14(17)18-9)3-4-11-15(2,20-11)6-10(12)19-13(7)16/h5,9-12H,1,3-4,6H2,2H3. The third-order valence-electron chi connectivity index (χ3n) is 4.87. The van der Waals surface area contributed by atoms with E-state index in [9.17, 15) is 9.59 Å². The molecule has 1 aliphatic carbocycles. The van der Waals surface area contributed by atoms with Crippen molar-refractivity contribution in [2.24, 2.45) is 5.92 Å². The number of carbonyl (C=O) groups is 2. The molecule has 2 fully saturated rings. The van der Waals surface area contributed by atoms with Gasteiger partial charge in [-0.1, -0.05) is 6.58 Å². The Hall–Kier alpha value is -1.62. The number of hydrogen-bond acceptors (Lipinski definition) is 5. The van der Waals surface area contributed by atoms with Crippen molar-refractivity contribution in [3.63, 3.8) is 0 Å². The highest BCUT2D eigenvalue weighted by Crippen LogP contribution is 2.49. The van der Waals surface area contributed by atoms with Crippen LogP contribution >= 0.6 is 0 Å². The summed E-state index contributed by atoms with van der Waals surface area (Å²) in [7, 11) is 0. The normalized spacial score (nSPS) is 46.0. The topological polar surface area (TPSA) is 65.1 Å². The summed E-state index contributed by atoms with van der Waals surface area (Å²) in [6, 6.07) is 0. The summed E-state index contributed by atoms with van der Waals surface area (Å²) in [5, 5.41) is 0. The van der Waals surface area contributed by atoms with E-state index in [0.29, 0.717) is 24.0 Å². The van der Waals surface area contributed by atoms with E-state index in [0.717, 1.165) is 6.42 Å². The Labute approximate surface area is 116 Å². The quantitative estimate of drug-likeness (QED) is 0.379. The van der Waals surface area contributed by atoms with Gasteiger partial charge in [-0.2, -0.15) is 0 Å². The molecule has 2 bridgehead atoms. The molecule has 20 heavy (non-hydrogen) atoms. The lowest BCUT2D eigenvalue weighted by molar-refractivity contribution is -0.143. The number of rotatable bonds is 0. The Morgan fingerprint density at radius 1 is 1.30 bits per heavy atom. The van der Waals surface area contributed by atoms with E-state index in [-0.39, 0.29) is 29.7 Å². The van der Waals surface area contributed by atoms with E-state index in [1.165, 1.54) is 0 Å². The Morgan fingerprint density at radius 2 is 2.10 bits per heavy atom. The van der Waals surface area contributed by atoms with Crippen molar-refractivity contribution < 1.29 is 23.8 Å². The first kappa shape index (κ1) is 12.1. The van der Waals surface area contributed by atoms with Crippen LogP contribution in [-0.4, -0.2) is 35.9 Å². The average Bonchev–Trinajstić information content (AvgIpc) is 2.74. The van der Waals surface area contributed by atoms with Crippen LogP contribution in [0, 0.1) is 5.92 Å². The molecule has 5 atom stereocenters. The van der Waals surface area contributed by atoms with E-state index in [2.05, 4.69) is 6.58 Å². The van der Waals surface area contributed by atoms with Crippen LogP contribution in [0.2, 0.25) is 0 Å². The molecule has 0 radical (unpaired) electrons. The molecule has 106 valence electrons. The molecule has 2 saturated heterocycles. The van der Waals surface area contributed by atoms with Crippen molar-refractivity contribution in [2.45, 2.75) is 50.1 Å². The minimum absolute atomic E-state index is 0.126. The van der Waals surface area contributed by atoms with Gasteiger partial charge in [-0.15, -0.1) is 0 Å². The van der Waals surface area contributed by atoms with E-state index in [1.54, 1.807) is 0 Å². The second-order valence-corrected chi connectivity index (χ2v) is 6.22. The molecule has 0 saturated carbocycles. The molecule has 3 aliphatic heterocycles. The van der Waals surface area contributed by atoms with Crippen LogP contribution in [-0.2, 0) is 23.8 Å². The van der Waals surface area contributed by atoms with Crippen molar-refractivity contribution >= 4 is 11.9 Å². The second kappa shape index (κ2) is 3.73. The molecule has 5 nitrogen and oxygen atoms in total. The van der Waals surface area contributed by atoms with Crippen LogP contribution < -0.4 is 0 Å². The van der Waals surface area contributed by atoms with Gasteiger partial charge in [0.1, 0.15) is 12.2 Å². The maximum atomic E-state index is 11.9. The lowest BCUT2D eigenvalue weighted by Gasteiger charge is -2.23. The Kier molecular flexibility index (Phi) is 2.26. The van der Waals surface area contributed by atoms with Crippen LogP contribution in [0.15, 0.2) is 23.8 Å². The number of epoxide rings is 1. The van der Waals surface area contributed by atoms with E-state index >= 15 is 0 Å². The van der Waals surface area contributed by atoms with Gasteiger partial charge in [-0.3, -0.25) is 0 Å². The smallest absolute Gasteiger partial charge is 0.334 e. The summed E-state index contributed by atoms with van der Waals surface area (Å²) in [6.45, 7) is 5.85. The lowest BCUT2D eigenvalue weighted by Crippen LogP contribution is -2.32. The first-order chi connectivity index (χ1) is 9.48. The fourth-order valence-electron chi connectivity index (χ4n) is 3.61. The highest BCUT2D eigenvalue weighted by molar-refractivity contribution is 5.93. The van der Waals surface area contributed by atoms with Gasteiger partial charge in [0.25, 0.3) is 0 Å². The molecule has 0 aromatic carbocycles. The molecule has 0 N–H and O–H groups in total. The largest absolute Gasteiger partial charge is 0.458 e. The molecule has 4 aliphatic rings. The maximum absolute atomic E-state index is 11.9. The van der Waals surface area contributed by atoms with E-state index in [1.807, 2.05) is 13.0 Å². The molecular formula is C15H16O5. The number of ether oxygens (including phenoxy) is 3. The highest BCUT2D eigenvalue weighted by Gasteiger charge is 2.58.